The molecule has 142 valence electrons. The Labute approximate surface area is 158 Å². The van der Waals surface area contributed by atoms with Crippen molar-refractivity contribution in [1.29, 1.82) is 0 Å². The van der Waals surface area contributed by atoms with Crippen LogP contribution in [0.3, 0.4) is 0 Å². The standard InChI is InChI=1S/C20H32N2O2.ClH/c1-15(2)14-24-18-8-6-17(7-9-18)20(3,4)19(23)22-11-10-16(13-22)12-21-5;/h6-9,15-16,21H,10-14H2,1-5H3;1H. The zero-order valence-corrected chi connectivity index (χ0v) is 17.0. The highest BCUT2D eigenvalue weighted by Crippen LogP contribution is 2.30. The van der Waals surface area contributed by atoms with E-state index >= 15 is 0 Å². The van der Waals surface area contributed by atoms with Crippen molar-refractivity contribution in [2.45, 2.75) is 39.5 Å². The predicted molar refractivity (Wildman–Crippen MR) is 106 cm³/mol. The van der Waals surface area contributed by atoms with Gasteiger partial charge < -0.3 is 15.0 Å². The molecule has 0 radical (unpaired) electrons. The van der Waals surface area contributed by atoms with Gasteiger partial charge in [-0.1, -0.05) is 26.0 Å². The molecule has 0 aliphatic carbocycles. The summed E-state index contributed by atoms with van der Waals surface area (Å²) in [5.74, 6) is 2.16. The van der Waals surface area contributed by atoms with E-state index in [9.17, 15) is 4.79 Å². The summed E-state index contributed by atoms with van der Waals surface area (Å²) in [6.45, 7) is 11.7. The fourth-order valence-corrected chi connectivity index (χ4v) is 3.22. The van der Waals surface area contributed by atoms with Gasteiger partial charge in [-0.3, -0.25) is 4.79 Å². The van der Waals surface area contributed by atoms with Crippen LogP contribution in [0.25, 0.3) is 0 Å². The Bertz CT molecular complexity index is 543. The van der Waals surface area contributed by atoms with Gasteiger partial charge in [-0.15, -0.1) is 12.4 Å². The summed E-state index contributed by atoms with van der Waals surface area (Å²) in [5, 5.41) is 3.21. The second-order valence-corrected chi connectivity index (χ2v) is 7.82. The first-order valence-electron chi connectivity index (χ1n) is 9.02. The van der Waals surface area contributed by atoms with Gasteiger partial charge in [-0.05, 0) is 63.4 Å². The maximum absolute atomic E-state index is 13.0. The van der Waals surface area contributed by atoms with Gasteiger partial charge in [0.25, 0.3) is 0 Å². The Morgan fingerprint density at radius 3 is 2.52 bits per heavy atom. The van der Waals surface area contributed by atoms with Crippen molar-refractivity contribution < 1.29 is 9.53 Å². The van der Waals surface area contributed by atoms with Crippen molar-refractivity contribution in [3.8, 4) is 5.75 Å². The summed E-state index contributed by atoms with van der Waals surface area (Å²) in [5.41, 5.74) is 0.534. The molecule has 4 nitrogen and oxygen atoms in total. The third-order valence-electron chi connectivity index (χ3n) is 4.76. The number of rotatable bonds is 7. The molecule has 0 saturated carbocycles. The second-order valence-electron chi connectivity index (χ2n) is 7.82. The predicted octanol–water partition coefficient (Wildman–Crippen LogP) is 3.49. The molecule has 1 amide bonds. The zero-order chi connectivity index (χ0) is 17.7. The average molecular weight is 369 g/mol. The summed E-state index contributed by atoms with van der Waals surface area (Å²) < 4.78 is 5.73. The van der Waals surface area contributed by atoms with E-state index in [4.69, 9.17) is 4.74 Å². The van der Waals surface area contributed by atoms with Crippen LogP contribution >= 0.6 is 12.4 Å². The highest BCUT2D eigenvalue weighted by molar-refractivity contribution is 5.87. The van der Waals surface area contributed by atoms with E-state index in [-0.39, 0.29) is 18.3 Å². The molecule has 1 unspecified atom stereocenters. The normalized spacial score (nSPS) is 17.5. The summed E-state index contributed by atoms with van der Waals surface area (Å²) >= 11 is 0. The van der Waals surface area contributed by atoms with Gasteiger partial charge >= 0.3 is 0 Å². The van der Waals surface area contributed by atoms with Crippen LogP contribution in [0.5, 0.6) is 5.75 Å². The largest absolute Gasteiger partial charge is 0.493 e. The molecule has 0 spiro atoms. The molecule has 1 aromatic rings. The lowest BCUT2D eigenvalue weighted by Crippen LogP contribution is -2.42. The number of nitrogens with one attached hydrogen (secondary N) is 1. The average Bonchev–Trinajstić information content (AvgIpc) is 3.01. The van der Waals surface area contributed by atoms with Crippen LogP contribution in [-0.4, -0.2) is 44.1 Å². The highest BCUT2D eigenvalue weighted by Gasteiger charge is 2.36. The van der Waals surface area contributed by atoms with Crippen molar-refractivity contribution in [2.24, 2.45) is 11.8 Å². The van der Waals surface area contributed by atoms with Gasteiger partial charge in [0.15, 0.2) is 0 Å². The Morgan fingerprint density at radius 1 is 1.32 bits per heavy atom. The SMILES string of the molecule is CNCC1CCN(C(=O)C(C)(C)c2ccc(OCC(C)C)cc2)C1.Cl. The molecule has 2 rings (SSSR count). The van der Waals surface area contributed by atoms with E-state index < -0.39 is 5.41 Å². The monoisotopic (exact) mass is 368 g/mol. The molecule has 1 atom stereocenters. The number of likely N-dealkylation sites (tertiary alicyclic amines) is 1. The number of ether oxygens (including phenoxy) is 1. The summed E-state index contributed by atoms with van der Waals surface area (Å²) in [6, 6.07) is 7.99. The van der Waals surface area contributed by atoms with E-state index in [2.05, 4.69) is 19.2 Å². The van der Waals surface area contributed by atoms with Crippen LogP contribution in [0.2, 0.25) is 0 Å². The van der Waals surface area contributed by atoms with Crippen LogP contribution in [0.15, 0.2) is 24.3 Å². The number of nitrogens with zero attached hydrogens (tertiary/aromatic N) is 1. The van der Waals surface area contributed by atoms with Gasteiger partial charge in [0, 0.05) is 13.1 Å². The number of benzene rings is 1. The van der Waals surface area contributed by atoms with Crippen LogP contribution in [0.4, 0.5) is 0 Å². The molecule has 1 fully saturated rings. The Morgan fingerprint density at radius 2 is 1.96 bits per heavy atom. The lowest BCUT2D eigenvalue weighted by molar-refractivity contribution is -0.135. The molecule has 1 N–H and O–H groups in total. The molecule has 0 bridgehead atoms. The molecule has 5 heteroatoms. The molecule has 1 heterocycles. The van der Waals surface area contributed by atoms with Gasteiger partial charge in [0.1, 0.15) is 5.75 Å². The minimum absolute atomic E-state index is 0. The number of amides is 1. The summed E-state index contributed by atoms with van der Waals surface area (Å²) in [6.07, 6.45) is 1.09. The molecular formula is C20H33ClN2O2. The fourth-order valence-electron chi connectivity index (χ4n) is 3.22. The lowest BCUT2D eigenvalue weighted by atomic mass is 9.83. The van der Waals surface area contributed by atoms with E-state index in [0.29, 0.717) is 18.4 Å². The highest BCUT2D eigenvalue weighted by atomic mass is 35.5. The molecule has 1 aliphatic rings. The minimum Gasteiger partial charge on any atom is -0.493 e. The van der Waals surface area contributed by atoms with Crippen molar-refractivity contribution in [3.63, 3.8) is 0 Å². The first kappa shape index (κ1) is 21.8. The summed E-state index contributed by atoms with van der Waals surface area (Å²) in [4.78, 5) is 15.0. The van der Waals surface area contributed by atoms with E-state index in [0.717, 1.165) is 37.4 Å². The molecule has 1 aromatic carbocycles. The van der Waals surface area contributed by atoms with Gasteiger partial charge in [0.2, 0.25) is 5.91 Å². The fraction of sp³-hybridized carbons (Fsp3) is 0.650. The quantitative estimate of drug-likeness (QED) is 0.801. The zero-order valence-electron chi connectivity index (χ0n) is 16.2. The molecule has 1 aliphatic heterocycles. The van der Waals surface area contributed by atoms with Crippen molar-refractivity contribution in [1.82, 2.24) is 10.2 Å². The number of carbonyl (C=O) groups excluding carboxylic acids is 1. The van der Waals surface area contributed by atoms with Crippen LogP contribution in [-0.2, 0) is 10.2 Å². The first-order chi connectivity index (χ1) is 11.3. The van der Waals surface area contributed by atoms with Crippen LogP contribution in [0, 0.1) is 11.8 Å². The number of hydrogen-bond donors (Lipinski definition) is 1. The third-order valence-corrected chi connectivity index (χ3v) is 4.76. The van der Waals surface area contributed by atoms with Crippen molar-refractivity contribution >= 4 is 18.3 Å². The lowest BCUT2D eigenvalue weighted by Gasteiger charge is -2.30. The smallest absolute Gasteiger partial charge is 0.232 e. The van der Waals surface area contributed by atoms with E-state index in [1.807, 2.05) is 50.1 Å². The molecule has 25 heavy (non-hydrogen) atoms. The van der Waals surface area contributed by atoms with E-state index in [1.54, 1.807) is 0 Å². The van der Waals surface area contributed by atoms with Crippen LogP contribution < -0.4 is 10.1 Å². The van der Waals surface area contributed by atoms with Gasteiger partial charge in [0.05, 0.1) is 12.0 Å². The van der Waals surface area contributed by atoms with Gasteiger partial charge in [-0.2, -0.15) is 0 Å². The first-order valence-corrected chi connectivity index (χ1v) is 9.02. The maximum atomic E-state index is 13.0. The topological polar surface area (TPSA) is 41.6 Å². The summed E-state index contributed by atoms with van der Waals surface area (Å²) in [7, 11) is 1.97. The number of halogens is 1. The number of hydrogen-bond acceptors (Lipinski definition) is 3. The minimum atomic E-state index is -0.509. The Hall–Kier alpha value is -1.26. The molecular weight excluding hydrogens is 336 g/mol. The van der Waals surface area contributed by atoms with Gasteiger partial charge in [-0.25, -0.2) is 0 Å². The molecule has 0 aromatic heterocycles. The molecule has 1 saturated heterocycles. The third kappa shape index (κ3) is 5.61. The maximum Gasteiger partial charge on any atom is 0.232 e. The van der Waals surface area contributed by atoms with E-state index in [1.165, 1.54) is 0 Å². The number of carbonyl (C=O) groups is 1. The Kier molecular flexibility index (Phi) is 8.23. The second kappa shape index (κ2) is 9.44. The van der Waals surface area contributed by atoms with Crippen molar-refractivity contribution in [3.05, 3.63) is 29.8 Å². The van der Waals surface area contributed by atoms with Crippen LogP contribution in [0.1, 0.15) is 39.7 Å². The Balaban J connectivity index is 0.00000312. The van der Waals surface area contributed by atoms with Crippen molar-refractivity contribution in [2.75, 3.05) is 33.3 Å².